The number of Topliss-reactive ketones (excluding diaryl/α,β-unsaturated/α-hetero) is 1. The molecule has 3 heterocycles. The summed E-state index contributed by atoms with van der Waals surface area (Å²) in [4.78, 5) is 52.8. The van der Waals surface area contributed by atoms with Gasteiger partial charge in [0.2, 0.25) is 17.5 Å². The van der Waals surface area contributed by atoms with Crippen LogP contribution in [0.25, 0.3) is 0 Å². The second-order valence-electron chi connectivity index (χ2n) is 7.21. The standard InChI is InChI=1S/C12H14N4O4S.C7H10N4O2S.C5H7BrO3.CH4/c1-4-20-10(17)7-6-13-12(21-7)15-8-5-9(18-2)16-11(14-8)19-3;1-12-5-3-4(9-6(8)14)10-7(11-5)13-2;1-2-9-5(8)4(7)3-6;/h5-6H,4H2,1-3H3,(H,13,14,15,16);3H,1-2H3,(H3,8,9,10,11,14);2-3H2,1H3;1H4. The first-order valence-electron chi connectivity index (χ1n) is 12.2. The summed E-state index contributed by atoms with van der Waals surface area (Å²) in [7, 11) is 5.90. The number of hydrogen-bond donors (Lipinski definition) is 3. The highest BCUT2D eigenvalue weighted by atomic mass is 79.9. The summed E-state index contributed by atoms with van der Waals surface area (Å²) in [5.41, 5.74) is 5.29. The molecule has 3 aromatic rings. The molecule has 4 N–H and O–H groups in total. The topological polar surface area (TPSA) is 221 Å². The molecule has 0 spiro atoms. The number of ketones is 1. The largest absolute Gasteiger partial charge is 0.481 e. The van der Waals surface area contributed by atoms with Gasteiger partial charge >= 0.3 is 24.0 Å². The van der Waals surface area contributed by atoms with Gasteiger partial charge in [-0.05, 0) is 26.1 Å². The van der Waals surface area contributed by atoms with Crippen LogP contribution < -0.4 is 35.3 Å². The highest BCUT2D eigenvalue weighted by Crippen LogP contribution is 2.25. The van der Waals surface area contributed by atoms with E-state index in [1.165, 1.54) is 34.6 Å². The fraction of sp³-hybridized carbons (Fsp3) is 0.400. The van der Waals surface area contributed by atoms with Crippen molar-refractivity contribution >= 4 is 79.1 Å². The van der Waals surface area contributed by atoms with Crippen LogP contribution in [-0.2, 0) is 19.1 Å². The van der Waals surface area contributed by atoms with Crippen LogP contribution in [0.1, 0.15) is 30.9 Å². The lowest BCUT2D eigenvalue weighted by molar-refractivity contribution is -0.152. The van der Waals surface area contributed by atoms with Crippen molar-refractivity contribution in [2.45, 2.75) is 21.3 Å². The molecule has 0 aliphatic rings. The fourth-order valence-corrected chi connectivity index (χ4v) is 3.51. The average molecular weight is 736 g/mol. The lowest BCUT2D eigenvalue weighted by Gasteiger charge is -2.06. The lowest BCUT2D eigenvalue weighted by Crippen LogP contribution is -2.20. The number of methoxy groups -OCH3 is 4. The van der Waals surface area contributed by atoms with Crippen LogP contribution in [0.4, 0.5) is 16.8 Å². The highest BCUT2D eigenvalue weighted by Gasteiger charge is 2.13. The smallest absolute Gasteiger partial charge is 0.375 e. The summed E-state index contributed by atoms with van der Waals surface area (Å²) < 4.78 is 29.1. The van der Waals surface area contributed by atoms with Crippen LogP contribution >= 0.6 is 39.5 Å². The molecule has 3 rings (SSSR count). The zero-order valence-corrected chi connectivity index (χ0v) is 27.8. The van der Waals surface area contributed by atoms with Crippen molar-refractivity contribution in [3.05, 3.63) is 23.2 Å². The molecule has 0 unspecified atom stereocenters. The number of hydrogen-bond acceptors (Lipinski definition) is 17. The van der Waals surface area contributed by atoms with Gasteiger partial charge in [0.1, 0.15) is 16.5 Å². The molecule has 3 aromatic heterocycles. The van der Waals surface area contributed by atoms with Crippen LogP contribution in [0.15, 0.2) is 18.3 Å². The molecule has 0 saturated carbocycles. The molecular formula is C25H35BrN8O9S2. The third-order valence-corrected chi connectivity index (χ3v) is 5.74. The first kappa shape index (κ1) is 40.6. The van der Waals surface area contributed by atoms with Gasteiger partial charge in [-0.1, -0.05) is 34.7 Å². The van der Waals surface area contributed by atoms with E-state index in [2.05, 4.69) is 68.4 Å². The average Bonchev–Trinajstić information content (AvgIpc) is 3.49. The number of nitrogens with zero attached hydrogens (tertiary/aromatic N) is 5. The number of nitrogens with one attached hydrogen (secondary N) is 2. The Morgan fingerprint density at radius 1 is 0.889 bits per heavy atom. The number of anilines is 3. The Balaban J connectivity index is 0.000000700. The van der Waals surface area contributed by atoms with E-state index in [9.17, 15) is 14.4 Å². The predicted octanol–water partition coefficient (Wildman–Crippen LogP) is 3.17. The number of rotatable bonds is 12. The molecule has 0 atom stereocenters. The summed E-state index contributed by atoms with van der Waals surface area (Å²) in [6.45, 7) is 3.97. The van der Waals surface area contributed by atoms with Crippen LogP contribution in [-0.4, -0.2) is 94.7 Å². The normalized spacial score (nSPS) is 9.31. The Morgan fingerprint density at radius 2 is 1.42 bits per heavy atom. The van der Waals surface area contributed by atoms with Gasteiger partial charge in [0, 0.05) is 12.1 Å². The molecule has 45 heavy (non-hydrogen) atoms. The fourth-order valence-electron chi connectivity index (χ4n) is 2.46. The van der Waals surface area contributed by atoms with E-state index in [0.29, 0.717) is 40.0 Å². The van der Waals surface area contributed by atoms with Gasteiger partial charge in [0.05, 0.1) is 53.2 Å². The van der Waals surface area contributed by atoms with Crippen molar-refractivity contribution < 1.29 is 42.8 Å². The van der Waals surface area contributed by atoms with E-state index >= 15 is 0 Å². The summed E-state index contributed by atoms with van der Waals surface area (Å²) >= 11 is 8.66. The summed E-state index contributed by atoms with van der Waals surface area (Å²) in [6.07, 6.45) is 1.45. The van der Waals surface area contributed by atoms with Crippen LogP contribution in [0.5, 0.6) is 23.8 Å². The lowest BCUT2D eigenvalue weighted by atomic mass is 10.5. The number of aromatic nitrogens is 5. The van der Waals surface area contributed by atoms with Crippen molar-refractivity contribution in [2.75, 3.05) is 57.6 Å². The minimum atomic E-state index is -0.769. The minimum Gasteiger partial charge on any atom is -0.481 e. The third kappa shape index (κ3) is 15.2. The molecule has 248 valence electrons. The maximum Gasteiger partial charge on any atom is 0.375 e. The first-order chi connectivity index (χ1) is 21.0. The van der Waals surface area contributed by atoms with E-state index in [4.69, 9.17) is 29.4 Å². The molecule has 0 aliphatic carbocycles. The molecule has 0 amide bonds. The molecule has 20 heteroatoms. The molecule has 0 saturated heterocycles. The number of ether oxygens (including phenoxy) is 6. The van der Waals surface area contributed by atoms with Crippen molar-refractivity contribution in [1.82, 2.24) is 24.9 Å². The van der Waals surface area contributed by atoms with Crippen LogP contribution in [0.2, 0.25) is 0 Å². The zero-order chi connectivity index (χ0) is 33.1. The van der Waals surface area contributed by atoms with Gasteiger partial charge in [-0.2, -0.15) is 19.9 Å². The quantitative estimate of drug-likeness (QED) is 0.105. The predicted molar refractivity (Wildman–Crippen MR) is 174 cm³/mol. The van der Waals surface area contributed by atoms with Gasteiger partial charge < -0.3 is 44.8 Å². The molecule has 0 radical (unpaired) electrons. The Hall–Kier alpha value is -4.43. The summed E-state index contributed by atoms with van der Waals surface area (Å²) in [5.74, 6) is -0.112. The van der Waals surface area contributed by atoms with E-state index in [1.807, 2.05) is 0 Å². The number of nitrogens with two attached hydrogens (primary N) is 1. The Kier molecular flexibility index (Phi) is 20.0. The maximum absolute atomic E-state index is 11.6. The number of carbonyl (C=O) groups excluding carboxylic acids is 3. The molecule has 17 nitrogen and oxygen atoms in total. The molecule has 0 bridgehead atoms. The van der Waals surface area contributed by atoms with Crippen molar-refractivity contribution in [2.24, 2.45) is 5.73 Å². The molecule has 0 aliphatic heterocycles. The van der Waals surface area contributed by atoms with Gasteiger partial charge in [0.25, 0.3) is 0 Å². The zero-order valence-electron chi connectivity index (χ0n) is 24.5. The Labute approximate surface area is 277 Å². The van der Waals surface area contributed by atoms with Gasteiger partial charge in [-0.15, -0.1) is 0 Å². The SMILES string of the molecule is C.CCOC(=O)C(=O)CBr.CCOC(=O)c1cnc(Nc2cc(OC)nc(OC)n2)s1.COc1cc(NC(N)=S)nc(OC)n1. The maximum atomic E-state index is 11.6. The first-order valence-corrected chi connectivity index (χ1v) is 14.5. The van der Waals surface area contributed by atoms with E-state index in [1.54, 1.807) is 26.0 Å². The van der Waals surface area contributed by atoms with Crippen molar-refractivity contribution in [1.29, 1.82) is 0 Å². The van der Waals surface area contributed by atoms with Crippen LogP contribution in [0.3, 0.4) is 0 Å². The third-order valence-electron chi connectivity index (χ3n) is 4.24. The molecule has 0 fully saturated rings. The van der Waals surface area contributed by atoms with Crippen molar-refractivity contribution in [3.8, 4) is 23.8 Å². The highest BCUT2D eigenvalue weighted by molar-refractivity contribution is 9.09. The van der Waals surface area contributed by atoms with Gasteiger partial charge in [-0.3, -0.25) is 4.79 Å². The van der Waals surface area contributed by atoms with Gasteiger partial charge in [-0.25, -0.2) is 14.6 Å². The summed E-state index contributed by atoms with van der Waals surface area (Å²) in [5, 5.41) is 6.26. The second kappa shape index (κ2) is 22.1. The number of carbonyl (C=O) groups is 3. The van der Waals surface area contributed by atoms with E-state index < -0.39 is 17.7 Å². The van der Waals surface area contributed by atoms with Gasteiger partial charge in [0.15, 0.2) is 10.2 Å². The number of halogens is 1. The number of alkyl halides is 1. The van der Waals surface area contributed by atoms with Crippen LogP contribution in [0, 0.1) is 0 Å². The minimum absolute atomic E-state index is 0. The number of esters is 2. The van der Waals surface area contributed by atoms with Crippen molar-refractivity contribution in [3.63, 3.8) is 0 Å². The monoisotopic (exact) mass is 734 g/mol. The Morgan fingerprint density at radius 3 is 1.89 bits per heavy atom. The Bertz CT molecular complexity index is 1350. The second-order valence-corrected chi connectivity index (χ2v) is 9.24. The molecular weight excluding hydrogens is 700 g/mol. The summed E-state index contributed by atoms with van der Waals surface area (Å²) in [6, 6.07) is 3.50. The number of thiocarbonyl (C=S) groups is 1. The molecule has 0 aromatic carbocycles. The van der Waals surface area contributed by atoms with E-state index in [0.717, 1.165) is 11.3 Å². The number of thiazole rings is 1. The van der Waals surface area contributed by atoms with E-state index in [-0.39, 0.29) is 36.5 Å².